The maximum absolute atomic E-state index is 13.0. The molecule has 6 N–H and O–H groups in total. The highest BCUT2D eigenvalue weighted by Gasteiger charge is 2.44. The van der Waals surface area contributed by atoms with Crippen molar-refractivity contribution >= 4 is 11.9 Å². The molecule has 1 saturated heterocycles. The Balaban J connectivity index is 1.92. The number of unbranched alkanes of at least 4 members (excludes halogenated alkanes) is 35. The van der Waals surface area contributed by atoms with Crippen LogP contribution < -0.4 is 5.32 Å². The number of allylic oxidation sites excluding steroid dienone is 13. The molecule has 7 unspecified atom stereocenters. The predicted octanol–water partition coefficient (Wildman–Crippen LogP) is 17.7. The minimum absolute atomic E-state index is 0.00897. The van der Waals surface area contributed by atoms with Crippen LogP contribution in [0.5, 0.6) is 0 Å². The number of hydrogen-bond acceptors (Lipinski definition) is 10. The fraction of sp³-hybridized carbons (Fsp3) is 0.781. The van der Waals surface area contributed by atoms with Crippen LogP contribution in [0.3, 0.4) is 0 Å². The minimum atomic E-state index is -1.58. The van der Waals surface area contributed by atoms with Gasteiger partial charge in [-0.05, 0) is 110 Å². The van der Waals surface area contributed by atoms with Gasteiger partial charge in [-0.25, -0.2) is 0 Å². The molecule has 0 aromatic carbocycles. The summed E-state index contributed by atoms with van der Waals surface area (Å²) in [6.45, 7) is 4.05. The van der Waals surface area contributed by atoms with E-state index >= 15 is 0 Å². The lowest BCUT2D eigenvalue weighted by atomic mass is 9.99. The van der Waals surface area contributed by atoms with Gasteiger partial charge in [0, 0.05) is 12.8 Å². The second kappa shape index (κ2) is 61.5. The molecule has 1 heterocycles. The topological polar surface area (TPSA) is 175 Å². The van der Waals surface area contributed by atoms with Gasteiger partial charge in [-0.3, -0.25) is 9.59 Å². The zero-order valence-electron chi connectivity index (χ0n) is 53.8. The van der Waals surface area contributed by atoms with E-state index in [1.807, 2.05) is 19.1 Å². The van der Waals surface area contributed by atoms with E-state index in [1.54, 1.807) is 6.08 Å². The first-order valence-corrected chi connectivity index (χ1v) is 34.8. The number of carbonyl (C=O) groups excluding carboxylic acids is 2. The monoisotopic (exact) mass is 1180 g/mol. The number of esters is 1. The van der Waals surface area contributed by atoms with Crippen molar-refractivity contribution in [1.29, 1.82) is 0 Å². The number of nitrogens with one attached hydrogen (secondary N) is 1. The van der Waals surface area contributed by atoms with Gasteiger partial charge in [0.25, 0.3) is 0 Å². The van der Waals surface area contributed by atoms with Crippen molar-refractivity contribution in [2.75, 3.05) is 19.8 Å². The first-order valence-electron chi connectivity index (χ1n) is 34.8. The molecule has 11 heteroatoms. The molecule has 1 aliphatic heterocycles. The van der Waals surface area contributed by atoms with Crippen molar-refractivity contribution in [2.24, 2.45) is 0 Å². The third-order valence-corrected chi connectivity index (χ3v) is 16.0. The Labute approximate surface area is 514 Å². The molecule has 1 aliphatic rings. The van der Waals surface area contributed by atoms with E-state index in [9.17, 15) is 35.1 Å². The summed E-state index contributed by atoms with van der Waals surface area (Å²) in [6.07, 6.45) is 74.7. The molecule has 84 heavy (non-hydrogen) atoms. The molecule has 0 aliphatic carbocycles. The van der Waals surface area contributed by atoms with Gasteiger partial charge in [-0.2, -0.15) is 0 Å². The molecule has 1 amide bonds. The molecular formula is C73H129NO10. The van der Waals surface area contributed by atoms with E-state index in [2.05, 4.69) is 79.1 Å². The average molecular weight is 1180 g/mol. The molecule has 7 atom stereocenters. The molecule has 0 aromatic heterocycles. The fourth-order valence-corrected chi connectivity index (χ4v) is 10.5. The number of ether oxygens (including phenoxy) is 3. The third-order valence-electron chi connectivity index (χ3n) is 16.0. The Morgan fingerprint density at radius 2 is 0.857 bits per heavy atom. The summed E-state index contributed by atoms with van der Waals surface area (Å²) in [4.78, 5) is 25.1. The van der Waals surface area contributed by atoms with Crippen LogP contribution in [-0.4, -0.2) is 100 Å². The molecule has 1 fully saturated rings. The van der Waals surface area contributed by atoms with Crippen molar-refractivity contribution in [3.8, 4) is 0 Å². The van der Waals surface area contributed by atoms with Crippen LogP contribution in [0.2, 0.25) is 0 Å². The van der Waals surface area contributed by atoms with Crippen LogP contribution in [0, 0.1) is 0 Å². The van der Waals surface area contributed by atoms with Crippen LogP contribution in [0.25, 0.3) is 0 Å². The number of hydrogen-bond donors (Lipinski definition) is 6. The molecular weight excluding hydrogens is 1050 g/mol. The second-order valence-electron chi connectivity index (χ2n) is 23.9. The highest BCUT2D eigenvalue weighted by atomic mass is 16.7. The fourth-order valence-electron chi connectivity index (χ4n) is 10.5. The molecule has 486 valence electrons. The van der Waals surface area contributed by atoms with Gasteiger partial charge >= 0.3 is 5.97 Å². The van der Waals surface area contributed by atoms with Gasteiger partial charge in [0.1, 0.15) is 24.4 Å². The van der Waals surface area contributed by atoms with Crippen molar-refractivity contribution < 1.29 is 49.3 Å². The Morgan fingerprint density at radius 1 is 0.464 bits per heavy atom. The zero-order valence-corrected chi connectivity index (χ0v) is 53.8. The predicted molar refractivity (Wildman–Crippen MR) is 352 cm³/mol. The number of amides is 1. The lowest BCUT2D eigenvalue weighted by Gasteiger charge is -2.40. The van der Waals surface area contributed by atoms with Gasteiger partial charge in [0.15, 0.2) is 6.29 Å². The molecule has 11 nitrogen and oxygen atoms in total. The number of aliphatic hydroxyl groups is 5. The second-order valence-corrected chi connectivity index (χ2v) is 23.9. The zero-order chi connectivity index (χ0) is 60.9. The highest BCUT2D eigenvalue weighted by molar-refractivity contribution is 5.76. The maximum atomic E-state index is 13.0. The minimum Gasteiger partial charge on any atom is -0.466 e. The smallest absolute Gasteiger partial charge is 0.305 e. The van der Waals surface area contributed by atoms with Gasteiger partial charge in [-0.15, -0.1) is 0 Å². The summed E-state index contributed by atoms with van der Waals surface area (Å²) < 4.78 is 16.7. The number of carbonyl (C=O) groups is 2. The van der Waals surface area contributed by atoms with Crippen molar-refractivity contribution in [1.82, 2.24) is 5.32 Å². The van der Waals surface area contributed by atoms with Crippen LogP contribution in [-0.2, 0) is 23.8 Å². The van der Waals surface area contributed by atoms with Gasteiger partial charge in [-0.1, -0.05) is 265 Å². The van der Waals surface area contributed by atoms with Crippen LogP contribution >= 0.6 is 0 Å². The Kier molecular flexibility index (Phi) is 57.7. The van der Waals surface area contributed by atoms with Crippen molar-refractivity contribution in [3.63, 3.8) is 0 Å². The lowest BCUT2D eigenvalue weighted by molar-refractivity contribution is -0.302. The largest absolute Gasteiger partial charge is 0.466 e. The van der Waals surface area contributed by atoms with E-state index in [4.69, 9.17) is 14.2 Å². The summed E-state index contributed by atoms with van der Waals surface area (Å²) in [5.74, 6) is -0.207. The first-order chi connectivity index (χ1) is 41.2. The number of aliphatic hydroxyl groups excluding tert-OH is 5. The normalized spacial score (nSPS) is 18.6. The van der Waals surface area contributed by atoms with Crippen LogP contribution in [0.4, 0.5) is 0 Å². The SMILES string of the molecule is C/C=C/CC/C=C/CC/C=C/C(O)C(COC1OC(CO)C(O)C(O)C1O)NC(=O)CCCCCCCCCCCCCCCCCCC/C=C\C/C=C\CCCCCCCCCCCOC(=O)CCCCCCC/C=C\C/C=C\CCCC. The Hall–Kier alpha value is -3.16. The summed E-state index contributed by atoms with van der Waals surface area (Å²) in [6, 6.07) is -0.833. The van der Waals surface area contributed by atoms with Crippen molar-refractivity contribution in [2.45, 2.75) is 346 Å². The molecule has 0 radical (unpaired) electrons. The van der Waals surface area contributed by atoms with E-state index in [-0.39, 0.29) is 18.5 Å². The molecule has 0 saturated carbocycles. The Bertz CT molecular complexity index is 1670. The van der Waals surface area contributed by atoms with Crippen LogP contribution in [0.1, 0.15) is 303 Å². The average Bonchev–Trinajstić information content (AvgIpc) is 3.39. The standard InChI is InChI=1S/C73H129NO10/c1-3-5-7-9-11-13-14-15-38-41-45-49-53-57-61-69(78)82-62-58-54-50-46-42-39-36-34-32-30-28-26-24-22-20-18-16-17-19-21-23-25-27-29-31-33-35-37-40-44-48-52-56-60-68(77)74-65(66(76)59-55-51-47-43-12-10-8-6-4-2)64-83-73-72(81)71(80)70(79)67(63-75)84-73/h4,6,9,11-12,14-15,20,22,26,28,43,55,59,65-67,70-73,75-76,79-81H,3,5,7-8,10,13,16-19,21,23-25,27,29-42,44-54,56-58,60-64H2,1-2H3,(H,74,77)/b6-4+,11-9-,15-14-,22-20-,28-26-,43-12+,59-55+. The highest BCUT2D eigenvalue weighted by Crippen LogP contribution is 2.23. The number of rotatable bonds is 60. The van der Waals surface area contributed by atoms with E-state index < -0.39 is 49.5 Å². The van der Waals surface area contributed by atoms with E-state index in [1.165, 1.54) is 199 Å². The lowest BCUT2D eigenvalue weighted by Crippen LogP contribution is -2.60. The first kappa shape index (κ1) is 78.9. The summed E-state index contributed by atoms with van der Waals surface area (Å²) >= 11 is 0. The maximum Gasteiger partial charge on any atom is 0.305 e. The molecule has 0 spiro atoms. The quantitative estimate of drug-likeness (QED) is 0.0195. The summed E-state index contributed by atoms with van der Waals surface area (Å²) in [7, 11) is 0. The van der Waals surface area contributed by atoms with Gasteiger partial charge < -0.3 is 45.1 Å². The summed E-state index contributed by atoms with van der Waals surface area (Å²) in [5.41, 5.74) is 0. The van der Waals surface area contributed by atoms with E-state index in [0.29, 0.717) is 19.4 Å². The van der Waals surface area contributed by atoms with Gasteiger partial charge in [0.2, 0.25) is 5.91 Å². The molecule has 0 bridgehead atoms. The third kappa shape index (κ3) is 49.9. The van der Waals surface area contributed by atoms with Gasteiger partial charge in [0.05, 0.1) is 32.0 Å². The van der Waals surface area contributed by atoms with Crippen LogP contribution in [0.15, 0.2) is 85.1 Å². The molecule has 0 aromatic rings. The summed E-state index contributed by atoms with van der Waals surface area (Å²) in [5, 5.41) is 54.2. The molecule has 1 rings (SSSR count). The Morgan fingerprint density at radius 3 is 1.31 bits per heavy atom. The van der Waals surface area contributed by atoms with E-state index in [0.717, 1.165) is 77.0 Å². The van der Waals surface area contributed by atoms with Crippen molar-refractivity contribution in [3.05, 3.63) is 85.1 Å².